The molecule has 0 aromatic heterocycles. The first-order valence-electron chi connectivity index (χ1n) is 12.0. The van der Waals surface area contributed by atoms with Gasteiger partial charge in [0.25, 0.3) is 0 Å². The summed E-state index contributed by atoms with van der Waals surface area (Å²) < 4.78 is 29.2. The van der Waals surface area contributed by atoms with Gasteiger partial charge < -0.3 is 9.64 Å². The second-order valence-electron chi connectivity index (χ2n) is 9.94. The maximum atomic E-state index is 13.8. The van der Waals surface area contributed by atoms with Gasteiger partial charge in [-0.15, -0.1) is 0 Å². The Labute approximate surface area is 206 Å². The van der Waals surface area contributed by atoms with Gasteiger partial charge in [-0.25, -0.2) is 8.42 Å². The van der Waals surface area contributed by atoms with Crippen molar-refractivity contribution in [3.63, 3.8) is 0 Å². The third-order valence-electron chi connectivity index (χ3n) is 7.82. The highest BCUT2D eigenvalue weighted by atomic mass is 35.5. The summed E-state index contributed by atoms with van der Waals surface area (Å²) in [7, 11) is -3.22. The second-order valence-corrected chi connectivity index (χ2v) is 12.4. The fraction of sp³-hybridized carbons (Fsp3) is 0.500. The van der Waals surface area contributed by atoms with Crippen LogP contribution in [0.3, 0.4) is 0 Å². The van der Waals surface area contributed by atoms with E-state index in [2.05, 4.69) is 16.7 Å². The van der Waals surface area contributed by atoms with Crippen molar-refractivity contribution >= 4 is 33.0 Å². The summed E-state index contributed by atoms with van der Waals surface area (Å²) in [6.45, 7) is 4.25. The highest BCUT2D eigenvalue weighted by molar-refractivity contribution is 7.90. The van der Waals surface area contributed by atoms with E-state index in [4.69, 9.17) is 16.3 Å². The highest BCUT2D eigenvalue weighted by Gasteiger charge is 2.54. The molecule has 182 valence electrons. The molecular weight excluding hydrogens is 472 g/mol. The monoisotopic (exact) mass is 502 g/mol. The first-order valence-corrected chi connectivity index (χ1v) is 14.3. The molecule has 1 aliphatic carbocycles. The lowest BCUT2D eigenvalue weighted by molar-refractivity contribution is -0.126. The Hall–Kier alpha value is -2.09. The number of rotatable bonds is 6. The number of carbonyl (C=O) groups is 1. The molecule has 8 heteroatoms. The fourth-order valence-corrected chi connectivity index (χ4v) is 6.30. The molecule has 2 heterocycles. The quantitative estimate of drug-likeness (QED) is 0.584. The van der Waals surface area contributed by atoms with Crippen molar-refractivity contribution in [2.24, 2.45) is 0 Å². The molecule has 1 atom stereocenters. The van der Waals surface area contributed by atoms with Gasteiger partial charge in [0, 0.05) is 29.0 Å². The smallest absolute Gasteiger partial charge is 0.238 e. The number of piperidine rings is 1. The van der Waals surface area contributed by atoms with Gasteiger partial charge >= 0.3 is 0 Å². The van der Waals surface area contributed by atoms with Crippen LogP contribution < -0.4 is 9.64 Å². The van der Waals surface area contributed by atoms with Gasteiger partial charge in [-0.05, 0) is 100 Å². The predicted molar refractivity (Wildman–Crippen MR) is 134 cm³/mol. The van der Waals surface area contributed by atoms with Crippen molar-refractivity contribution in [3.05, 3.63) is 53.1 Å². The zero-order valence-corrected chi connectivity index (χ0v) is 21.2. The van der Waals surface area contributed by atoms with Gasteiger partial charge in [0.2, 0.25) is 5.91 Å². The summed E-state index contributed by atoms with van der Waals surface area (Å²) in [6, 6.07) is 13.0. The molecule has 2 fully saturated rings. The topological polar surface area (TPSA) is 66.9 Å². The van der Waals surface area contributed by atoms with Gasteiger partial charge in [-0.2, -0.15) is 0 Å². The Morgan fingerprint density at radius 3 is 2.38 bits per heavy atom. The van der Waals surface area contributed by atoms with Gasteiger partial charge in [-0.3, -0.25) is 9.69 Å². The van der Waals surface area contributed by atoms with E-state index in [0.29, 0.717) is 23.4 Å². The van der Waals surface area contributed by atoms with Crippen LogP contribution in [-0.2, 0) is 20.0 Å². The van der Waals surface area contributed by atoms with E-state index < -0.39 is 15.3 Å². The van der Waals surface area contributed by atoms with Crippen molar-refractivity contribution in [2.45, 2.75) is 61.4 Å². The number of amides is 1. The molecule has 1 spiro atoms. The minimum Gasteiger partial charge on any atom is -0.492 e. The minimum atomic E-state index is -3.22. The summed E-state index contributed by atoms with van der Waals surface area (Å²) in [6.07, 6.45) is 6.09. The fourth-order valence-electron chi connectivity index (χ4n) is 5.50. The average Bonchev–Trinajstić information content (AvgIpc) is 2.99. The molecule has 0 bridgehead atoms. The molecule has 1 unspecified atom stereocenters. The van der Waals surface area contributed by atoms with Crippen LogP contribution in [0.5, 0.6) is 5.75 Å². The maximum absolute atomic E-state index is 13.8. The summed E-state index contributed by atoms with van der Waals surface area (Å²) in [5, 5.41) is 0.687. The number of hydrogen-bond acceptors (Lipinski definition) is 5. The molecule has 2 aliphatic heterocycles. The van der Waals surface area contributed by atoms with E-state index in [1.54, 1.807) is 24.3 Å². The molecule has 1 saturated heterocycles. The van der Waals surface area contributed by atoms with Crippen LogP contribution in [-0.4, -0.2) is 57.3 Å². The van der Waals surface area contributed by atoms with E-state index >= 15 is 0 Å². The number of sulfone groups is 1. The van der Waals surface area contributed by atoms with Crippen LogP contribution in [0.4, 0.5) is 5.69 Å². The minimum absolute atomic E-state index is 0.171. The molecule has 1 saturated carbocycles. The number of hydrogen-bond donors (Lipinski definition) is 0. The summed E-state index contributed by atoms with van der Waals surface area (Å²) in [5.74, 6) is 0.905. The number of likely N-dealkylation sites (tertiary alicyclic amines) is 1. The summed E-state index contributed by atoms with van der Waals surface area (Å²) in [5.41, 5.74) is 1.68. The standard InChI is InChI=1S/C26H31ClN2O4S/c1-18(17-33-21-7-9-22(10-8-21)34(2,31)32)28-14-12-26(13-15-28)23-16-19(27)6-11-24(23)29(25(26)30)20-4-3-5-20/h6-11,16,18,20H,3-5,12-15,17H2,1-2H3. The van der Waals surface area contributed by atoms with Crippen LogP contribution in [0.15, 0.2) is 47.4 Å². The number of nitrogens with zero attached hydrogens (tertiary/aromatic N) is 2. The normalized spacial score (nSPS) is 21.4. The average molecular weight is 503 g/mol. The van der Waals surface area contributed by atoms with Gasteiger partial charge in [0.1, 0.15) is 12.4 Å². The SMILES string of the molecule is CC(COc1ccc(S(C)(=O)=O)cc1)N1CCC2(CC1)C(=O)N(C1CCC1)c1ccc(Cl)cc12. The maximum Gasteiger partial charge on any atom is 0.238 e. The Balaban J connectivity index is 1.25. The zero-order valence-electron chi connectivity index (χ0n) is 19.7. The lowest BCUT2D eigenvalue weighted by atomic mass is 9.73. The number of halogens is 1. The van der Waals surface area contributed by atoms with Gasteiger partial charge in [0.15, 0.2) is 9.84 Å². The number of fused-ring (bicyclic) bond motifs is 2. The second kappa shape index (κ2) is 8.85. The van der Waals surface area contributed by atoms with E-state index in [1.807, 2.05) is 18.2 Å². The van der Waals surface area contributed by atoms with E-state index in [-0.39, 0.29) is 16.8 Å². The lowest BCUT2D eigenvalue weighted by Gasteiger charge is -2.42. The molecule has 1 amide bonds. The van der Waals surface area contributed by atoms with Crippen LogP contribution in [0.25, 0.3) is 0 Å². The Morgan fingerprint density at radius 1 is 1.12 bits per heavy atom. The van der Waals surface area contributed by atoms with Crippen molar-refractivity contribution in [1.82, 2.24) is 4.90 Å². The largest absolute Gasteiger partial charge is 0.492 e. The van der Waals surface area contributed by atoms with Crippen molar-refractivity contribution in [1.29, 1.82) is 0 Å². The molecular formula is C26H31ClN2O4S. The number of benzene rings is 2. The Morgan fingerprint density at radius 2 is 1.79 bits per heavy atom. The van der Waals surface area contributed by atoms with Crippen LogP contribution >= 0.6 is 11.6 Å². The number of carbonyl (C=O) groups excluding carboxylic acids is 1. The highest BCUT2D eigenvalue weighted by Crippen LogP contribution is 2.51. The zero-order chi connectivity index (χ0) is 24.1. The van der Waals surface area contributed by atoms with E-state index in [0.717, 1.165) is 50.0 Å². The molecule has 2 aromatic rings. The van der Waals surface area contributed by atoms with E-state index in [1.165, 1.54) is 12.7 Å². The summed E-state index contributed by atoms with van der Waals surface area (Å²) >= 11 is 6.37. The molecule has 5 rings (SSSR count). The van der Waals surface area contributed by atoms with Crippen molar-refractivity contribution in [3.8, 4) is 5.75 Å². The molecule has 2 aromatic carbocycles. The lowest BCUT2D eigenvalue weighted by Crippen LogP contribution is -2.53. The van der Waals surface area contributed by atoms with Crippen molar-refractivity contribution < 1.29 is 17.9 Å². The van der Waals surface area contributed by atoms with Crippen LogP contribution in [0.1, 0.15) is 44.6 Å². The Bertz CT molecular complexity index is 1190. The number of anilines is 1. The molecule has 34 heavy (non-hydrogen) atoms. The van der Waals surface area contributed by atoms with E-state index in [9.17, 15) is 13.2 Å². The molecule has 0 N–H and O–H groups in total. The molecule has 3 aliphatic rings. The first-order chi connectivity index (χ1) is 16.2. The van der Waals surface area contributed by atoms with Crippen molar-refractivity contribution in [2.75, 3.05) is 30.9 Å². The molecule has 6 nitrogen and oxygen atoms in total. The van der Waals surface area contributed by atoms with Gasteiger partial charge in [-0.1, -0.05) is 11.6 Å². The number of ether oxygens (including phenoxy) is 1. The first kappa shape index (κ1) is 23.6. The third kappa shape index (κ3) is 4.12. The third-order valence-corrected chi connectivity index (χ3v) is 9.18. The molecule has 0 radical (unpaired) electrons. The predicted octanol–water partition coefficient (Wildman–Crippen LogP) is 4.44. The van der Waals surface area contributed by atoms with Crippen LogP contribution in [0.2, 0.25) is 5.02 Å². The Kier molecular flexibility index (Phi) is 6.15. The van der Waals surface area contributed by atoms with Gasteiger partial charge in [0.05, 0.1) is 10.3 Å². The summed E-state index contributed by atoms with van der Waals surface area (Å²) in [4.78, 5) is 18.5. The van der Waals surface area contributed by atoms with Crippen LogP contribution in [0, 0.1) is 0 Å².